The third-order valence-electron chi connectivity index (χ3n) is 5.92. The lowest BCUT2D eigenvalue weighted by Crippen LogP contribution is -2.38. The standard InChI is InChI=1S/C20H22BrFN7O7P/c1-9-15-12(11(3-24-9)5-33-10(2)30)4-28-37(32,36-15)34-6-13-16(31)20(21,22)19(35-13)29-8-27-14-17(23)25-7-26-18(14)29/h3,7-8,13,16,19,31H,4-6H2,1-2H3,(H,28,32)(H2,23,25,26)/t13-,16?,19-,20-,37?/m1/s1. The Bertz CT molecular complexity index is 1420. The maximum absolute atomic E-state index is 15.6. The van der Waals surface area contributed by atoms with Crippen molar-refractivity contribution in [3.8, 4) is 5.75 Å². The van der Waals surface area contributed by atoms with E-state index >= 15 is 4.39 Å². The van der Waals surface area contributed by atoms with Crippen LogP contribution < -0.4 is 15.3 Å². The number of carbonyl (C=O) groups is 1. The smallest absolute Gasteiger partial charge is 0.459 e. The fraction of sp³-hybridized carbons (Fsp3) is 0.450. The number of nitrogens with two attached hydrogens (primary N) is 1. The first-order chi connectivity index (χ1) is 17.5. The van der Waals surface area contributed by atoms with Gasteiger partial charge in [-0.15, -0.1) is 0 Å². The second kappa shape index (κ2) is 9.53. The minimum Gasteiger partial charge on any atom is -0.461 e. The van der Waals surface area contributed by atoms with Gasteiger partial charge in [-0.05, 0) is 22.9 Å². The summed E-state index contributed by atoms with van der Waals surface area (Å²) in [5.74, 6) is -0.141. The molecule has 5 heterocycles. The Labute approximate surface area is 217 Å². The molecule has 3 aromatic rings. The molecule has 3 aromatic heterocycles. The van der Waals surface area contributed by atoms with Gasteiger partial charge in [0.25, 0.3) is 0 Å². The van der Waals surface area contributed by atoms with E-state index in [1.54, 1.807) is 6.92 Å². The SMILES string of the molecule is CC(=O)OCc1cnc(C)c2c1CNP(=O)(OC[C@H]1O[C@@H](n3cnc4c(N)ncnc43)[C@@](F)(Br)C1O)O2. The van der Waals surface area contributed by atoms with Crippen LogP contribution in [0.5, 0.6) is 5.75 Å². The first-order valence-corrected chi connectivity index (χ1v) is 13.3. The molecule has 4 N–H and O–H groups in total. The van der Waals surface area contributed by atoms with Gasteiger partial charge in [-0.2, -0.15) is 0 Å². The number of nitrogens with one attached hydrogen (secondary N) is 1. The summed E-state index contributed by atoms with van der Waals surface area (Å²) < 4.78 is 49.6. The molecule has 17 heteroatoms. The number of halogens is 2. The summed E-state index contributed by atoms with van der Waals surface area (Å²) in [7, 11) is -3.96. The van der Waals surface area contributed by atoms with Crippen molar-refractivity contribution in [3.05, 3.63) is 35.7 Å². The van der Waals surface area contributed by atoms with Crippen molar-refractivity contribution in [1.29, 1.82) is 0 Å². The number of nitrogen functional groups attached to an aromatic ring is 1. The summed E-state index contributed by atoms with van der Waals surface area (Å²) in [6.07, 6.45) is -0.389. The Kier molecular flexibility index (Phi) is 6.66. The van der Waals surface area contributed by atoms with Gasteiger partial charge >= 0.3 is 13.7 Å². The van der Waals surface area contributed by atoms with E-state index in [0.29, 0.717) is 16.8 Å². The number of aromatic nitrogens is 5. The lowest BCUT2D eigenvalue weighted by Gasteiger charge is -2.29. The molecule has 2 aliphatic heterocycles. The highest BCUT2D eigenvalue weighted by Gasteiger charge is 2.57. The first-order valence-electron chi connectivity index (χ1n) is 10.9. The van der Waals surface area contributed by atoms with Crippen LogP contribution in [0.15, 0.2) is 18.9 Å². The highest BCUT2D eigenvalue weighted by atomic mass is 79.9. The average Bonchev–Trinajstić information content (AvgIpc) is 3.37. The molecule has 0 amide bonds. The molecule has 0 saturated carbocycles. The van der Waals surface area contributed by atoms with Crippen LogP contribution in [0.3, 0.4) is 0 Å². The normalized spacial score (nSPS) is 29.2. The number of ether oxygens (including phenoxy) is 2. The van der Waals surface area contributed by atoms with E-state index in [-0.39, 0.29) is 35.9 Å². The number of nitrogens with zero attached hydrogens (tertiary/aromatic N) is 5. The van der Waals surface area contributed by atoms with Crippen molar-refractivity contribution in [3.63, 3.8) is 0 Å². The van der Waals surface area contributed by atoms with Crippen LogP contribution in [-0.4, -0.2) is 59.0 Å². The van der Waals surface area contributed by atoms with Gasteiger partial charge in [-0.1, -0.05) is 0 Å². The van der Waals surface area contributed by atoms with Crippen LogP contribution >= 0.6 is 23.7 Å². The van der Waals surface area contributed by atoms with Gasteiger partial charge in [0.2, 0.25) is 4.58 Å². The first kappa shape index (κ1) is 25.9. The second-order valence-corrected chi connectivity index (χ2v) is 11.4. The number of carbonyl (C=O) groups excluding carboxylic acids is 1. The monoisotopic (exact) mass is 601 g/mol. The molecule has 5 atom stereocenters. The molecule has 5 rings (SSSR count). The average molecular weight is 602 g/mol. The second-order valence-electron chi connectivity index (χ2n) is 8.41. The van der Waals surface area contributed by atoms with E-state index in [1.165, 1.54) is 30.3 Å². The topological polar surface area (TPSA) is 186 Å². The molecule has 0 bridgehead atoms. The van der Waals surface area contributed by atoms with E-state index in [0.717, 1.165) is 0 Å². The van der Waals surface area contributed by atoms with Crippen molar-refractivity contribution in [1.82, 2.24) is 29.6 Å². The predicted octanol–water partition coefficient (Wildman–Crippen LogP) is 1.80. The Morgan fingerprint density at radius 1 is 1.43 bits per heavy atom. The Morgan fingerprint density at radius 3 is 2.97 bits per heavy atom. The minimum absolute atomic E-state index is 0.0338. The van der Waals surface area contributed by atoms with E-state index in [9.17, 15) is 14.5 Å². The van der Waals surface area contributed by atoms with Crippen molar-refractivity contribution in [2.45, 2.75) is 50.0 Å². The Morgan fingerprint density at radius 2 is 2.22 bits per heavy atom. The molecular weight excluding hydrogens is 580 g/mol. The van der Waals surface area contributed by atoms with Crippen LogP contribution in [0.4, 0.5) is 10.2 Å². The van der Waals surface area contributed by atoms with Crippen LogP contribution in [0, 0.1) is 6.92 Å². The van der Waals surface area contributed by atoms with Crippen molar-refractivity contribution < 1.29 is 37.4 Å². The van der Waals surface area contributed by atoms with Gasteiger partial charge in [-0.25, -0.2) is 29.0 Å². The highest BCUT2D eigenvalue weighted by Crippen LogP contribution is 2.52. The summed E-state index contributed by atoms with van der Waals surface area (Å²) in [6.45, 7) is 2.49. The number of aliphatic hydroxyl groups excluding tert-OH is 1. The molecule has 2 unspecified atom stereocenters. The Hall–Kier alpha value is -2.75. The van der Waals surface area contributed by atoms with Crippen molar-refractivity contribution >= 4 is 46.6 Å². The number of imidazole rings is 1. The molecule has 1 fully saturated rings. The maximum atomic E-state index is 15.6. The van der Waals surface area contributed by atoms with Gasteiger partial charge in [0.05, 0.1) is 18.6 Å². The van der Waals surface area contributed by atoms with Crippen LogP contribution in [0.25, 0.3) is 11.2 Å². The summed E-state index contributed by atoms with van der Waals surface area (Å²) in [5.41, 5.74) is 7.86. The Balaban J connectivity index is 1.32. The highest BCUT2D eigenvalue weighted by molar-refractivity contribution is 9.10. The zero-order valence-corrected chi connectivity index (χ0v) is 22.0. The fourth-order valence-electron chi connectivity index (χ4n) is 4.01. The summed E-state index contributed by atoms with van der Waals surface area (Å²) in [4.78, 5) is 27.4. The number of esters is 1. The minimum atomic E-state index is -3.96. The van der Waals surface area contributed by atoms with E-state index in [2.05, 4.69) is 41.0 Å². The molecular formula is C20H22BrFN7O7P. The number of hydrogen-bond donors (Lipinski definition) is 3. The molecule has 0 radical (unpaired) electrons. The number of pyridine rings is 1. The van der Waals surface area contributed by atoms with Gasteiger partial charge in [0, 0.05) is 30.8 Å². The lowest BCUT2D eigenvalue weighted by atomic mass is 10.1. The molecule has 14 nitrogen and oxygen atoms in total. The number of aliphatic hydroxyl groups is 1. The van der Waals surface area contributed by atoms with Gasteiger partial charge in [0.1, 0.15) is 30.7 Å². The van der Waals surface area contributed by atoms with Gasteiger partial charge in [0.15, 0.2) is 23.4 Å². The quantitative estimate of drug-likeness (QED) is 0.211. The number of fused-ring (bicyclic) bond motifs is 2. The molecule has 198 valence electrons. The maximum Gasteiger partial charge on any atom is 0.459 e. The van der Waals surface area contributed by atoms with E-state index < -0.39 is 43.3 Å². The van der Waals surface area contributed by atoms with Crippen molar-refractivity contribution in [2.24, 2.45) is 0 Å². The summed E-state index contributed by atoms with van der Waals surface area (Å²) in [6, 6.07) is 0. The summed E-state index contributed by atoms with van der Waals surface area (Å²) >= 11 is 2.90. The summed E-state index contributed by atoms with van der Waals surface area (Å²) in [5, 5.41) is 13.3. The van der Waals surface area contributed by atoms with E-state index in [4.69, 9.17) is 24.3 Å². The largest absolute Gasteiger partial charge is 0.461 e. The number of anilines is 1. The molecule has 0 aliphatic carbocycles. The third kappa shape index (κ3) is 4.69. The fourth-order valence-corrected chi connectivity index (χ4v) is 6.02. The van der Waals surface area contributed by atoms with Crippen LogP contribution in [0.1, 0.15) is 30.0 Å². The number of aryl methyl sites for hydroxylation is 1. The lowest BCUT2D eigenvalue weighted by molar-refractivity contribution is -0.142. The number of rotatable bonds is 6. The zero-order chi connectivity index (χ0) is 26.5. The van der Waals surface area contributed by atoms with E-state index in [1.807, 2.05) is 0 Å². The molecule has 37 heavy (non-hydrogen) atoms. The third-order valence-corrected chi connectivity index (χ3v) is 8.24. The predicted molar refractivity (Wildman–Crippen MR) is 128 cm³/mol. The number of alkyl halides is 2. The molecule has 0 aromatic carbocycles. The molecule has 2 aliphatic rings. The number of hydrogen-bond acceptors (Lipinski definition) is 12. The van der Waals surface area contributed by atoms with Crippen LogP contribution in [0.2, 0.25) is 0 Å². The molecule has 1 saturated heterocycles. The van der Waals surface area contributed by atoms with Crippen LogP contribution in [-0.2, 0) is 36.5 Å². The van der Waals surface area contributed by atoms with Crippen molar-refractivity contribution in [2.75, 3.05) is 12.3 Å². The molecule has 0 spiro atoms. The van der Waals surface area contributed by atoms with Gasteiger partial charge in [-0.3, -0.25) is 18.9 Å². The zero-order valence-electron chi connectivity index (χ0n) is 19.5. The van der Waals surface area contributed by atoms with Gasteiger partial charge < -0.3 is 24.8 Å².